The number of nitriles is 1. The minimum atomic E-state index is -0.561. The molecule has 2 N–H and O–H groups in total. The SMILES string of the molecule is COC(=O)c1c(CN)ccc(C#N)c1OC. The van der Waals surface area contributed by atoms with Crippen LogP contribution in [0.25, 0.3) is 0 Å². The monoisotopic (exact) mass is 220 g/mol. The molecule has 1 rings (SSSR count). The summed E-state index contributed by atoms with van der Waals surface area (Å²) in [6.45, 7) is 0.173. The molecule has 0 saturated heterocycles. The van der Waals surface area contributed by atoms with Gasteiger partial charge in [0.1, 0.15) is 11.6 Å². The van der Waals surface area contributed by atoms with Gasteiger partial charge in [-0.1, -0.05) is 6.07 Å². The average molecular weight is 220 g/mol. The Morgan fingerprint density at radius 1 is 1.50 bits per heavy atom. The molecule has 0 radical (unpaired) electrons. The number of benzene rings is 1. The summed E-state index contributed by atoms with van der Waals surface area (Å²) in [6, 6.07) is 5.12. The first-order valence-electron chi connectivity index (χ1n) is 4.57. The Labute approximate surface area is 93.4 Å². The van der Waals surface area contributed by atoms with Gasteiger partial charge in [-0.05, 0) is 11.6 Å². The molecule has 1 aromatic rings. The molecule has 0 unspecified atom stereocenters. The number of ether oxygens (including phenoxy) is 2. The molecule has 5 heteroatoms. The van der Waals surface area contributed by atoms with Crippen LogP contribution in [0.15, 0.2) is 12.1 Å². The first kappa shape index (κ1) is 12.0. The Bertz CT molecular complexity index is 449. The second kappa shape index (κ2) is 5.14. The summed E-state index contributed by atoms with van der Waals surface area (Å²) in [5, 5.41) is 8.88. The van der Waals surface area contributed by atoms with E-state index in [-0.39, 0.29) is 23.4 Å². The van der Waals surface area contributed by atoms with Crippen LogP contribution in [-0.2, 0) is 11.3 Å². The van der Waals surface area contributed by atoms with Crippen molar-refractivity contribution < 1.29 is 14.3 Å². The summed E-state index contributed by atoms with van der Waals surface area (Å²) < 4.78 is 9.69. The molecule has 0 aromatic heterocycles. The molecule has 0 bridgehead atoms. The van der Waals surface area contributed by atoms with Gasteiger partial charge in [-0.2, -0.15) is 5.26 Å². The van der Waals surface area contributed by atoms with E-state index in [0.29, 0.717) is 5.56 Å². The minimum Gasteiger partial charge on any atom is -0.494 e. The van der Waals surface area contributed by atoms with Crippen LogP contribution < -0.4 is 10.5 Å². The van der Waals surface area contributed by atoms with Crippen molar-refractivity contribution >= 4 is 5.97 Å². The van der Waals surface area contributed by atoms with Gasteiger partial charge in [0, 0.05) is 6.54 Å². The zero-order valence-corrected chi connectivity index (χ0v) is 9.11. The molecular weight excluding hydrogens is 208 g/mol. The third-order valence-electron chi connectivity index (χ3n) is 2.18. The van der Waals surface area contributed by atoms with Crippen LogP contribution in [0.5, 0.6) is 5.75 Å². The Hall–Kier alpha value is -2.06. The maximum atomic E-state index is 11.6. The standard InChI is InChI=1S/C11H12N2O3/c1-15-10-8(6-13)4-3-7(5-12)9(10)11(14)16-2/h3-4H,5,12H2,1-2H3. The molecule has 84 valence electrons. The Kier molecular flexibility index (Phi) is 3.86. The third-order valence-corrected chi connectivity index (χ3v) is 2.18. The molecule has 0 aliphatic rings. The van der Waals surface area contributed by atoms with Gasteiger partial charge < -0.3 is 15.2 Å². The highest BCUT2D eigenvalue weighted by molar-refractivity contribution is 5.95. The van der Waals surface area contributed by atoms with Gasteiger partial charge in [-0.15, -0.1) is 0 Å². The number of hydrogen-bond donors (Lipinski definition) is 1. The van der Waals surface area contributed by atoms with Crippen LogP contribution in [0.4, 0.5) is 0 Å². The zero-order valence-electron chi connectivity index (χ0n) is 9.11. The summed E-state index contributed by atoms with van der Waals surface area (Å²) in [5.41, 5.74) is 6.59. The van der Waals surface area contributed by atoms with E-state index in [9.17, 15) is 4.79 Å². The fourth-order valence-electron chi connectivity index (χ4n) is 1.42. The Morgan fingerprint density at radius 2 is 2.19 bits per heavy atom. The number of nitrogens with zero attached hydrogens (tertiary/aromatic N) is 1. The lowest BCUT2D eigenvalue weighted by molar-refractivity contribution is 0.0595. The number of rotatable bonds is 3. The highest BCUT2D eigenvalue weighted by Gasteiger charge is 2.20. The van der Waals surface area contributed by atoms with Crippen molar-refractivity contribution in [3.05, 3.63) is 28.8 Å². The molecule has 5 nitrogen and oxygen atoms in total. The Morgan fingerprint density at radius 3 is 2.62 bits per heavy atom. The number of methoxy groups -OCH3 is 2. The molecule has 0 aliphatic carbocycles. The summed E-state index contributed by atoms with van der Waals surface area (Å²) in [6.07, 6.45) is 0. The Balaban J connectivity index is 3.50. The van der Waals surface area contributed by atoms with Crippen molar-refractivity contribution in [3.63, 3.8) is 0 Å². The number of hydrogen-bond acceptors (Lipinski definition) is 5. The molecule has 0 amide bonds. The number of carbonyl (C=O) groups is 1. The van der Waals surface area contributed by atoms with Crippen LogP contribution >= 0.6 is 0 Å². The molecule has 0 saturated carbocycles. The lowest BCUT2D eigenvalue weighted by Gasteiger charge is -2.12. The van der Waals surface area contributed by atoms with Crippen LogP contribution in [0.3, 0.4) is 0 Å². The van der Waals surface area contributed by atoms with E-state index in [4.69, 9.17) is 15.7 Å². The summed E-state index contributed by atoms with van der Waals surface area (Å²) in [4.78, 5) is 11.6. The molecule has 16 heavy (non-hydrogen) atoms. The summed E-state index contributed by atoms with van der Waals surface area (Å²) in [5.74, 6) is -0.355. The van der Waals surface area contributed by atoms with Crippen LogP contribution in [0.2, 0.25) is 0 Å². The summed E-state index contributed by atoms with van der Waals surface area (Å²) >= 11 is 0. The van der Waals surface area contributed by atoms with Crippen molar-refractivity contribution in [2.45, 2.75) is 6.54 Å². The quantitative estimate of drug-likeness (QED) is 0.762. The van der Waals surface area contributed by atoms with Gasteiger partial charge in [-0.3, -0.25) is 0 Å². The van der Waals surface area contributed by atoms with E-state index in [1.54, 1.807) is 12.1 Å². The second-order valence-corrected chi connectivity index (χ2v) is 2.99. The maximum Gasteiger partial charge on any atom is 0.342 e. The molecule has 0 atom stereocenters. The molecule has 0 spiro atoms. The lowest BCUT2D eigenvalue weighted by atomic mass is 10.0. The second-order valence-electron chi connectivity index (χ2n) is 2.99. The number of nitrogens with two attached hydrogens (primary N) is 1. The maximum absolute atomic E-state index is 11.6. The average Bonchev–Trinajstić information content (AvgIpc) is 2.35. The van der Waals surface area contributed by atoms with Gasteiger partial charge in [-0.25, -0.2) is 4.79 Å². The van der Waals surface area contributed by atoms with Crippen LogP contribution in [0, 0.1) is 11.3 Å². The number of carbonyl (C=O) groups excluding carboxylic acids is 1. The van der Waals surface area contributed by atoms with Gasteiger partial charge in [0.15, 0.2) is 5.75 Å². The van der Waals surface area contributed by atoms with Crippen LogP contribution in [-0.4, -0.2) is 20.2 Å². The van der Waals surface area contributed by atoms with E-state index in [1.165, 1.54) is 14.2 Å². The van der Waals surface area contributed by atoms with Crippen molar-refractivity contribution in [3.8, 4) is 11.8 Å². The first-order valence-corrected chi connectivity index (χ1v) is 4.57. The van der Waals surface area contributed by atoms with Gasteiger partial charge in [0.05, 0.1) is 19.8 Å². The van der Waals surface area contributed by atoms with Crippen molar-refractivity contribution in [1.29, 1.82) is 5.26 Å². The minimum absolute atomic E-state index is 0.173. The largest absolute Gasteiger partial charge is 0.494 e. The molecule has 0 aliphatic heterocycles. The number of esters is 1. The molecule has 1 aromatic carbocycles. The molecule has 0 fully saturated rings. The van der Waals surface area contributed by atoms with Gasteiger partial charge in [0.25, 0.3) is 0 Å². The van der Waals surface area contributed by atoms with E-state index in [2.05, 4.69) is 4.74 Å². The first-order chi connectivity index (χ1) is 7.69. The van der Waals surface area contributed by atoms with Crippen molar-refractivity contribution in [2.75, 3.05) is 14.2 Å². The van der Waals surface area contributed by atoms with Gasteiger partial charge in [0.2, 0.25) is 0 Å². The fourth-order valence-corrected chi connectivity index (χ4v) is 1.42. The molecular formula is C11H12N2O3. The predicted molar refractivity (Wildman–Crippen MR) is 56.9 cm³/mol. The van der Waals surface area contributed by atoms with E-state index >= 15 is 0 Å². The van der Waals surface area contributed by atoms with Gasteiger partial charge >= 0.3 is 5.97 Å². The third kappa shape index (κ3) is 1.97. The highest BCUT2D eigenvalue weighted by Crippen LogP contribution is 2.27. The van der Waals surface area contributed by atoms with E-state index in [1.807, 2.05) is 6.07 Å². The summed E-state index contributed by atoms with van der Waals surface area (Å²) in [7, 11) is 2.66. The normalized spacial score (nSPS) is 9.38. The van der Waals surface area contributed by atoms with E-state index in [0.717, 1.165) is 0 Å². The highest BCUT2D eigenvalue weighted by atomic mass is 16.5. The smallest absolute Gasteiger partial charge is 0.342 e. The topological polar surface area (TPSA) is 85.3 Å². The molecule has 0 heterocycles. The van der Waals surface area contributed by atoms with E-state index < -0.39 is 5.97 Å². The van der Waals surface area contributed by atoms with Crippen molar-refractivity contribution in [1.82, 2.24) is 0 Å². The van der Waals surface area contributed by atoms with Crippen LogP contribution in [0.1, 0.15) is 21.5 Å². The zero-order chi connectivity index (χ0) is 12.1. The predicted octanol–water partition coefficient (Wildman–Crippen LogP) is 0.812. The fraction of sp³-hybridized carbons (Fsp3) is 0.273. The lowest BCUT2D eigenvalue weighted by Crippen LogP contribution is -2.12. The van der Waals surface area contributed by atoms with Crippen molar-refractivity contribution in [2.24, 2.45) is 5.73 Å².